The molecule has 0 unspecified atom stereocenters. The molecule has 0 saturated heterocycles. The van der Waals surface area contributed by atoms with Gasteiger partial charge in [0.15, 0.2) is 0 Å². The Morgan fingerprint density at radius 3 is 2.62 bits per heavy atom. The average molecular weight is 539 g/mol. The number of aromatic amines is 1. The van der Waals surface area contributed by atoms with Crippen molar-refractivity contribution in [2.75, 3.05) is 0 Å². The zero-order valence-electron chi connectivity index (χ0n) is 21.0. The van der Waals surface area contributed by atoms with Crippen LogP contribution in [0.3, 0.4) is 0 Å². The summed E-state index contributed by atoms with van der Waals surface area (Å²) in [6, 6.07) is 24.1. The first-order valence-corrected chi connectivity index (χ1v) is 13.0. The number of halogens is 1. The van der Waals surface area contributed by atoms with E-state index in [1.165, 1.54) is 11.6 Å². The molecule has 0 spiro atoms. The highest BCUT2D eigenvalue weighted by atomic mass is 35.5. The lowest BCUT2D eigenvalue weighted by Gasteiger charge is -2.12. The van der Waals surface area contributed by atoms with E-state index in [4.69, 9.17) is 16.7 Å². The predicted octanol–water partition coefficient (Wildman–Crippen LogP) is 5.62. The molecule has 3 aromatic carbocycles. The highest BCUT2D eigenvalue weighted by molar-refractivity contribution is 6.30. The number of H-pyrrole nitrogens is 1. The third-order valence-electron chi connectivity index (χ3n) is 6.52. The summed E-state index contributed by atoms with van der Waals surface area (Å²) in [6.45, 7) is 0. The van der Waals surface area contributed by atoms with Gasteiger partial charge in [-0.1, -0.05) is 66.2 Å². The molecular weight excluding hydrogens is 512 g/mol. The molecule has 0 saturated carbocycles. The number of aliphatic carboxylic acids is 1. The van der Waals surface area contributed by atoms with E-state index in [1.54, 1.807) is 23.0 Å². The molecule has 0 radical (unpaired) electrons. The monoisotopic (exact) mass is 538 g/mol. The first kappa shape index (κ1) is 26.0. The van der Waals surface area contributed by atoms with Gasteiger partial charge in [-0.2, -0.15) is 5.10 Å². The maximum atomic E-state index is 12.8. The van der Waals surface area contributed by atoms with Gasteiger partial charge in [0, 0.05) is 46.4 Å². The number of nitrogens with one attached hydrogen (secondary N) is 2. The molecule has 39 heavy (non-hydrogen) atoms. The predicted molar refractivity (Wildman–Crippen MR) is 153 cm³/mol. The Hall–Kier alpha value is -4.62. The summed E-state index contributed by atoms with van der Waals surface area (Å²) in [5.74, 6) is -1.59. The molecule has 0 bridgehead atoms. The number of para-hydroxylation sites is 1. The molecule has 5 rings (SSSR count). The van der Waals surface area contributed by atoms with E-state index in [0.717, 1.165) is 39.8 Å². The number of carbonyl (C=O) groups excluding carboxylic acids is 1. The van der Waals surface area contributed by atoms with E-state index < -0.39 is 17.9 Å². The summed E-state index contributed by atoms with van der Waals surface area (Å²) in [5, 5.41) is 18.7. The van der Waals surface area contributed by atoms with Gasteiger partial charge in [-0.3, -0.25) is 4.79 Å². The fraction of sp³-hybridized carbons (Fsp3) is 0.129. The Morgan fingerprint density at radius 1 is 1.03 bits per heavy atom. The smallest absolute Gasteiger partial charge is 0.326 e. The Morgan fingerprint density at radius 2 is 1.82 bits per heavy atom. The molecule has 0 aliphatic rings. The molecule has 0 fully saturated rings. The Balaban J connectivity index is 1.34. The number of benzene rings is 3. The van der Waals surface area contributed by atoms with E-state index in [1.807, 2.05) is 66.9 Å². The van der Waals surface area contributed by atoms with Crippen molar-refractivity contribution in [1.29, 1.82) is 0 Å². The number of fused-ring (bicyclic) bond motifs is 1. The molecule has 5 aromatic rings. The van der Waals surface area contributed by atoms with Gasteiger partial charge < -0.3 is 15.4 Å². The van der Waals surface area contributed by atoms with Crippen LogP contribution >= 0.6 is 11.6 Å². The number of hydrogen-bond acceptors (Lipinski definition) is 3. The van der Waals surface area contributed by atoms with Gasteiger partial charge in [0.2, 0.25) is 5.91 Å². The van der Waals surface area contributed by atoms with Gasteiger partial charge in [-0.05, 0) is 54.3 Å². The maximum absolute atomic E-state index is 12.8. The molecule has 1 atom stereocenters. The fourth-order valence-corrected chi connectivity index (χ4v) is 4.71. The first-order chi connectivity index (χ1) is 19.0. The van der Waals surface area contributed by atoms with Crippen LogP contribution in [0, 0.1) is 0 Å². The molecule has 0 aliphatic carbocycles. The summed E-state index contributed by atoms with van der Waals surface area (Å²) in [6.07, 6.45) is 8.27. The summed E-state index contributed by atoms with van der Waals surface area (Å²) < 4.78 is 1.74. The van der Waals surface area contributed by atoms with Gasteiger partial charge in [0.05, 0.1) is 11.4 Å². The molecule has 8 heteroatoms. The van der Waals surface area contributed by atoms with Crippen molar-refractivity contribution in [3.63, 3.8) is 0 Å². The van der Waals surface area contributed by atoms with Crippen LogP contribution in [0.5, 0.6) is 0 Å². The van der Waals surface area contributed by atoms with E-state index in [0.29, 0.717) is 11.4 Å². The normalized spacial score (nSPS) is 12.1. The average Bonchev–Trinajstić information content (AvgIpc) is 3.55. The van der Waals surface area contributed by atoms with Gasteiger partial charge >= 0.3 is 5.97 Å². The summed E-state index contributed by atoms with van der Waals surface area (Å²) in [5.41, 5.74) is 5.32. The lowest BCUT2D eigenvalue weighted by molar-refractivity contribution is -0.141. The number of nitrogens with zero attached hydrogens (tertiary/aromatic N) is 2. The van der Waals surface area contributed by atoms with Crippen molar-refractivity contribution in [2.24, 2.45) is 0 Å². The molecule has 0 aliphatic heterocycles. The topological polar surface area (TPSA) is 100 Å². The van der Waals surface area contributed by atoms with Crippen LogP contribution < -0.4 is 5.32 Å². The molecule has 2 heterocycles. The lowest BCUT2D eigenvalue weighted by Crippen LogP contribution is -2.41. The van der Waals surface area contributed by atoms with Gasteiger partial charge in [0.25, 0.3) is 0 Å². The van der Waals surface area contributed by atoms with Crippen molar-refractivity contribution >= 4 is 40.5 Å². The quantitative estimate of drug-likeness (QED) is 0.201. The van der Waals surface area contributed by atoms with Crippen molar-refractivity contribution in [3.8, 4) is 5.69 Å². The zero-order chi connectivity index (χ0) is 27.2. The summed E-state index contributed by atoms with van der Waals surface area (Å²) in [4.78, 5) is 27.9. The Labute approximate surface area is 230 Å². The second kappa shape index (κ2) is 11.8. The minimum Gasteiger partial charge on any atom is -0.480 e. The summed E-state index contributed by atoms with van der Waals surface area (Å²) >= 11 is 6.18. The van der Waals surface area contributed by atoms with Crippen LogP contribution in [-0.4, -0.2) is 37.8 Å². The van der Waals surface area contributed by atoms with Crippen LogP contribution in [0.25, 0.3) is 22.7 Å². The molecule has 3 N–H and O–H groups in total. The molecular formula is C31H27ClN4O3. The van der Waals surface area contributed by atoms with Crippen LogP contribution in [-0.2, 0) is 28.9 Å². The van der Waals surface area contributed by atoms with Crippen LogP contribution in [0.15, 0.2) is 97.3 Å². The second-order valence-corrected chi connectivity index (χ2v) is 9.67. The zero-order valence-corrected chi connectivity index (χ0v) is 21.8. The number of carboxylic acids is 1. The third-order valence-corrected chi connectivity index (χ3v) is 6.75. The van der Waals surface area contributed by atoms with Crippen molar-refractivity contribution in [1.82, 2.24) is 20.1 Å². The minimum atomic E-state index is -1.10. The number of aryl methyl sites for hydroxylation is 2. The van der Waals surface area contributed by atoms with E-state index in [2.05, 4.69) is 22.4 Å². The molecule has 196 valence electrons. The maximum Gasteiger partial charge on any atom is 0.326 e. The van der Waals surface area contributed by atoms with Gasteiger partial charge in [-0.25, -0.2) is 9.48 Å². The summed E-state index contributed by atoms with van der Waals surface area (Å²) in [7, 11) is 0. The number of aromatic nitrogens is 3. The fourth-order valence-electron chi connectivity index (χ4n) is 4.52. The SMILES string of the molecule is O=C(/C=C\c1cn(-c2cccc(Cl)c2)nc1CCc1ccccc1)N[C@@H](Cc1c[nH]c2ccccc12)C(=O)O. The molecule has 1 amide bonds. The Kier molecular flexibility index (Phi) is 7.89. The lowest BCUT2D eigenvalue weighted by atomic mass is 10.0. The van der Waals surface area contributed by atoms with E-state index >= 15 is 0 Å². The van der Waals surface area contributed by atoms with Crippen LogP contribution in [0.2, 0.25) is 5.02 Å². The highest BCUT2D eigenvalue weighted by Crippen LogP contribution is 2.21. The van der Waals surface area contributed by atoms with Crippen molar-refractivity contribution in [2.45, 2.75) is 25.3 Å². The second-order valence-electron chi connectivity index (χ2n) is 9.24. The molecule has 2 aromatic heterocycles. The minimum absolute atomic E-state index is 0.161. The first-order valence-electron chi connectivity index (χ1n) is 12.6. The Bertz CT molecular complexity index is 1640. The third kappa shape index (κ3) is 6.45. The number of hydrogen-bond donors (Lipinski definition) is 3. The van der Waals surface area contributed by atoms with Crippen molar-refractivity contribution in [3.05, 3.63) is 125 Å². The number of carboxylic acid groups (broad SMARTS) is 1. The standard InChI is InChI=1S/C31H27ClN4O3/c32-24-9-6-10-25(18-24)36-20-22(27(35-36)15-13-21-7-2-1-3-8-21)14-16-30(37)34-29(31(38)39)17-23-19-33-28-12-5-4-11-26(23)28/h1-12,14,16,18-20,29,33H,13,15,17H2,(H,34,37)(H,38,39)/b16-14-/t29-/m0/s1. The number of amides is 1. The van der Waals surface area contributed by atoms with Gasteiger partial charge in [-0.15, -0.1) is 0 Å². The molecule has 7 nitrogen and oxygen atoms in total. The number of rotatable bonds is 10. The van der Waals surface area contributed by atoms with E-state index in [9.17, 15) is 14.7 Å². The van der Waals surface area contributed by atoms with Gasteiger partial charge in [0.1, 0.15) is 6.04 Å². The van der Waals surface area contributed by atoms with Crippen molar-refractivity contribution < 1.29 is 14.7 Å². The van der Waals surface area contributed by atoms with E-state index in [-0.39, 0.29) is 6.42 Å². The van der Waals surface area contributed by atoms with Crippen LogP contribution in [0.4, 0.5) is 0 Å². The largest absolute Gasteiger partial charge is 0.480 e. The van der Waals surface area contributed by atoms with Crippen LogP contribution in [0.1, 0.15) is 22.4 Å². The highest BCUT2D eigenvalue weighted by Gasteiger charge is 2.21. The number of carbonyl (C=O) groups is 2.